The Bertz CT molecular complexity index is 827. The molecule has 0 aromatic heterocycles. The molecular formula is C17H19N2O7P. The second-order valence-corrected chi connectivity index (χ2v) is 6.97. The molecule has 0 aliphatic rings. The molecule has 27 heavy (non-hydrogen) atoms. The minimum absolute atomic E-state index is 0.0726. The number of para-hydroxylation sites is 1. The van der Waals surface area contributed by atoms with Gasteiger partial charge in [-0.25, -0.2) is 4.57 Å². The zero-order valence-corrected chi connectivity index (χ0v) is 15.6. The summed E-state index contributed by atoms with van der Waals surface area (Å²) in [5.74, 6) is -0.295. The molecule has 0 spiro atoms. The van der Waals surface area contributed by atoms with Crippen molar-refractivity contribution in [3.05, 3.63) is 64.7 Å². The lowest BCUT2D eigenvalue weighted by Gasteiger charge is -2.23. The molecule has 0 amide bonds. The minimum Gasteiger partial charge on any atom is -0.465 e. The van der Waals surface area contributed by atoms with E-state index >= 15 is 0 Å². The van der Waals surface area contributed by atoms with Gasteiger partial charge in [0.25, 0.3) is 5.69 Å². The van der Waals surface area contributed by atoms with Gasteiger partial charge in [0.15, 0.2) is 0 Å². The average Bonchev–Trinajstić information content (AvgIpc) is 2.62. The van der Waals surface area contributed by atoms with Gasteiger partial charge in [0.05, 0.1) is 11.5 Å². The third-order valence-electron chi connectivity index (χ3n) is 3.23. The van der Waals surface area contributed by atoms with Crippen LogP contribution in [0.1, 0.15) is 13.8 Å². The smallest absolute Gasteiger partial charge is 0.465 e. The van der Waals surface area contributed by atoms with Crippen LogP contribution < -0.4 is 14.1 Å². The number of ether oxygens (including phenoxy) is 1. The van der Waals surface area contributed by atoms with Crippen molar-refractivity contribution < 1.29 is 28.1 Å². The average molecular weight is 394 g/mol. The van der Waals surface area contributed by atoms with Crippen LogP contribution in [0.5, 0.6) is 11.5 Å². The van der Waals surface area contributed by atoms with Gasteiger partial charge in [0, 0.05) is 12.1 Å². The largest absolute Gasteiger partial charge is 0.513 e. The summed E-state index contributed by atoms with van der Waals surface area (Å²) in [6.07, 6.45) is 0. The van der Waals surface area contributed by atoms with Crippen molar-refractivity contribution in [2.75, 3.05) is 6.61 Å². The van der Waals surface area contributed by atoms with Crippen LogP contribution >= 0.6 is 7.75 Å². The van der Waals surface area contributed by atoms with Gasteiger partial charge in [0.2, 0.25) is 0 Å². The number of nitro groups is 1. The topological polar surface area (TPSA) is 117 Å². The molecule has 0 saturated carbocycles. The first-order chi connectivity index (χ1) is 12.8. The first-order valence-electron chi connectivity index (χ1n) is 8.06. The van der Waals surface area contributed by atoms with E-state index in [1.807, 2.05) is 0 Å². The number of carbonyl (C=O) groups excluding carboxylic acids is 1. The Morgan fingerprint density at radius 2 is 1.67 bits per heavy atom. The summed E-state index contributed by atoms with van der Waals surface area (Å²) < 4.78 is 29.0. The Morgan fingerprint density at radius 3 is 2.19 bits per heavy atom. The van der Waals surface area contributed by atoms with E-state index < -0.39 is 24.7 Å². The Morgan fingerprint density at radius 1 is 1.11 bits per heavy atom. The predicted molar refractivity (Wildman–Crippen MR) is 97.6 cm³/mol. The highest BCUT2D eigenvalue weighted by Gasteiger charge is 2.33. The molecule has 0 heterocycles. The molecule has 0 radical (unpaired) electrons. The number of rotatable bonds is 9. The molecular weight excluding hydrogens is 375 g/mol. The molecule has 0 aliphatic carbocycles. The second-order valence-electron chi connectivity index (χ2n) is 5.35. The predicted octanol–water partition coefficient (Wildman–Crippen LogP) is 3.70. The quantitative estimate of drug-likeness (QED) is 0.296. The zero-order chi connectivity index (χ0) is 19.9. The van der Waals surface area contributed by atoms with Crippen molar-refractivity contribution in [2.45, 2.75) is 19.9 Å². The summed E-state index contributed by atoms with van der Waals surface area (Å²) in [5.41, 5.74) is -0.144. The summed E-state index contributed by atoms with van der Waals surface area (Å²) in [7, 11) is -4.06. The molecule has 0 fully saturated rings. The van der Waals surface area contributed by atoms with Gasteiger partial charge in [0.1, 0.15) is 17.5 Å². The van der Waals surface area contributed by atoms with Crippen molar-refractivity contribution in [1.82, 2.24) is 5.09 Å². The second kappa shape index (κ2) is 9.16. The highest BCUT2D eigenvalue weighted by Crippen LogP contribution is 2.45. The van der Waals surface area contributed by atoms with Crippen LogP contribution in [0, 0.1) is 10.1 Å². The lowest BCUT2D eigenvalue weighted by Crippen LogP contribution is -2.35. The third-order valence-corrected chi connectivity index (χ3v) is 4.84. The van der Waals surface area contributed by atoms with Crippen molar-refractivity contribution in [3.63, 3.8) is 0 Å². The molecule has 0 aliphatic heterocycles. The zero-order valence-electron chi connectivity index (χ0n) is 14.7. The number of carbonyl (C=O) groups is 1. The third kappa shape index (κ3) is 6.09. The van der Waals surface area contributed by atoms with Gasteiger partial charge in [-0.15, -0.1) is 0 Å². The molecule has 144 valence electrons. The fourth-order valence-electron chi connectivity index (χ4n) is 2.02. The van der Waals surface area contributed by atoms with Gasteiger partial charge in [-0.1, -0.05) is 18.2 Å². The summed E-state index contributed by atoms with van der Waals surface area (Å²) in [6, 6.07) is 12.3. The molecule has 2 atom stereocenters. The fourth-order valence-corrected chi connectivity index (χ4v) is 3.54. The Balaban J connectivity index is 2.23. The standard InChI is InChI=1S/C17H19N2O7P/c1-3-24-17(20)13(2)18-27(23,25-15-7-5-4-6-8-15)26-16-11-9-14(10-12-16)19(21)22/h4-13H,3H2,1-2H3,(H,18,23)/t13-,27+/m0/s1. The number of nitrogens with one attached hydrogen (secondary N) is 1. The molecule has 10 heteroatoms. The van der Waals surface area contributed by atoms with Gasteiger partial charge >= 0.3 is 13.7 Å². The van der Waals surface area contributed by atoms with E-state index in [1.165, 1.54) is 31.2 Å². The normalized spacial score (nSPS) is 13.9. The molecule has 0 bridgehead atoms. The highest BCUT2D eigenvalue weighted by atomic mass is 31.2. The lowest BCUT2D eigenvalue weighted by molar-refractivity contribution is -0.384. The van der Waals surface area contributed by atoms with Gasteiger partial charge in [-0.3, -0.25) is 14.9 Å². The Kier molecular flexibility index (Phi) is 6.92. The number of esters is 1. The van der Waals surface area contributed by atoms with E-state index in [1.54, 1.807) is 37.3 Å². The number of nitro benzene ring substituents is 1. The summed E-state index contributed by atoms with van der Waals surface area (Å²) in [6.45, 7) is 3.27. The first kappa shape index (κ1) is 20.4. The molecule has 9 nitrogen and oxygen atoms in total. The Labute approximate surface area is 156 Å². The summed E-state index contributed by atoms with van der Waals surface area (Å²) >= 11 is 0. The molecule has 2 aromatic carbocycles. The van der Waals surface area contributed by atoms with Gasteiger partial charge < -0.3 is 13.8 Å². The monoisotopic (exact) mass is 394 g/mol. The van der Waals surface area contributed by atoms with E-state index in [0.717, 1.165) is 0 Å². The van der Waals surface area contributed by atoms with E-state index in [-0.39, 0.29) is 23.8 Å². The molecule has 2 rings (SSSR count). The minimum atomic E-state index is -4.06. The van der Waals surface area contributed by atoms with Crippen LogP contribution in [-0.4, -0.2) is 23.5 Å². The van der Waals surface area contributed by atoms with Crippen LogP contribution in [0.3, 0.4) is 0 Å². The van der Waals surface area contributed by atoms with Crippen LogP contribution in [0.2, 0.25) is 0 Å². The maximum Gasteiger partial charge on any atom is 0.513 e. The van der Waals surface area contributed by atoms with Crippen molar-refractivity contribution in [3.8, 4) is 11.5 Å². The number of hydrogen-bond donors (Lipinski definition) is 1. The number of hydrogen-bond acceptors (Lipinski definition) is 7. The lowest BCUT2D eigenvalue weighted by atomic mass is 10.3. The van der Waals surface area contributed by atoms with Crippen LogP contribution in [0.25, 0.3) is 0 Å². The van der Waals surface area contributed by atoms with Crippen molar-refractivity contribution in [2.24, 2.45) is 0 Å². The van der Waals surface area contributed by atoms with E-state index in [2.05, 4.69) is 5.09 Å². The summed E-state index contributed by atoms with van der Waals surface area (Å²) in [5, 5.41) is 13.3. The van der Waals surface area contributed by atoms with Crippen molar-refractivity contribution >= 4 is 19.4 Å². The SMILES string of the molecule is CCOC(=O)[C@H](C)N[P@@](=O)(Oc1ccccc1)Oc1ccc([N+](=O)[O-])cc1. The van der Waals surface area contributed by atoms with E-state index in [9.17, 15) is 19.5 Å². The van der Waals surface area contributed by atoms with E-state index in [0.29, 0.717) is 0 Å². The van der Waals surface area contributed by atoms with Crippen molar-refractivity contribution in [1.29, 1.82) is 0 Å². The molecule has 1 N–H and O–H groups in total. The molecule has 2 aromatic rings. The van der Waals surface area contributed by atoms with E-state index in [4.69, 9.17) is 13.8 Å². The van der Waals surface area contributed by atoms with Gasteiger partial charge in [-0.2, -0.15) is 5.09 Å². The van der Waals surface area contributed by atoms with Gasteiger partial charge in [-0.05, 0) is 38.1 Å². The van der Waals surface area contributed by atoms with Crippen LogP contribution in [0.15, 0.2) is 54.6 Å². The number of benzene rings is 2. The molecule has 0 saturated heterocycles. The Hall–Kier alpha value is -2.90. The highest BCUT2D eigenvalue weighted by molar-refractivity contribution is 7.52. The summed E-state index contributed by atoms with van der Waals surface area (Å²) in [4.78, 5) is 22.0. The molecule has 0 unspecified atom stereocenters. The van der Waals surface area contributed by atoms with Crippen LogP contribution in [-0.2, 0) is 14.1 Å². The number of nitrogens with zero attached hydrogens (tertiary/aromatic N) is 1. The maximum absolute atomic E-state index is 13.2. The first-order valence-corrected chi connectivity index (χ1v) is 9.60. The van der Waals surface area contributed by atoms with Crippen LogP contribution in [0.4, 0.5) is 5.69 Å². The maximum atomic E-state index is 13.2. The number of non-ortho nitro benzene ring substituents is 1. The fraction of sp³-hybridized carbons (Fsp3) is 0.235.